The van der Waals surface area contributed by atoms with Crippen molar-refractivity contribution >= 4 is 34.6 Å². The minimum Gasteiger partial charge on any atom is -0.482 e. The lowest BCUT2D eigenvalue weighted by Gasteiger charge is -2.40. The highest BCUT2D eigenvalue weighted by molar-refractivity contribution is 6.31. The summed E-state index contributed by atoms with van der Waals surface area (Å²) in [5, 5.41) is 5.98. The molecule has 10 heteroatoms. The fraction of sp³-hybridized carbons (Fsp3) is 0.320. The summed E-state index contributed by atoms with van der Waals surface area (Å²) >= 11 is 6.10. The van der Waals surface area contributed by atoms with E-state index in [1.54, 1.807) is 42.3 Å². The fourth-order valence-electron chi connectivity index (χ4n) is 4.25. The maximum atomic E-state index is 14.0. The predicted molar refractivity (Wildman–Crippen MR) is 134 cm³/mol. The van der Waals surface area contributed by atoms with Gasteiger partial charge in [0.2, 0.25) is 0 Å². The normalized spacial score (nSPS) is 16.3. The molecular weight excluding hydrogens is 475 g/mol. The Morgan fingerprint density at radius 2 is 1.89 bits per heavy atom. The predicted octanol–water partition coefficient (Wildman–Crippen LogP) is 2.97. The van der Waals surface area contributed by atoms with Gasteiger partial charge in [-0.3, -0.25) is 19.3 Å². The summed E-state index contributed by atoms with van der Waals surface area (Å²) < 4.78 is 19.8. The molecule has 3 aromatic carbocycles. The molecule has 1 fully saturated rings. The number of nitrogens with one attached hydrogen (secondary N) is 2. The molecule has 4 rings (SSSR count). The average Bonchev–Trinajstić information content (AvgIpc) is 2.84. The number of hydrogen-bond donors (Lipinski definition) is 2. The third-order valence-corrected chi connectivity index (χ3v) is 6.33. The van der Waals surface area contributed by atoms with Gasteiger partial charge in [-0.25, -0.2) is 4.39 Å². The first-order valence-corrected chi connectivity index (χ1v) is 11.6. The Morgan fingerprint density at radius 3 is 2.60 bits per heavy atom. The van der Waals surface area contributed by atoms with Crippen LogP contribution in [0.15, 0.2) is 52.1 Å². The Labute approximate surface area is 206 Å². The van der Waals surface area contributed by atoms with Gasteiger partial charge in [0.25, 0.3) is 16.8 Å². The summed E-state index contributed by atoms with van der Waals surface area (Å²) in [6.45, 7) is 3.96. The van der Waals surface area contributed by atoms with Crippen LogP contribution in [-0.4, -0.2) is 55.0 Å². The molecule has 0 aromatic heterocycles. The Morgan fingerprint density at radius 1 is 1.14 bits per heavy atom. The van der Waals surface area contributed by atoms with E-state index in [0.29, 0.717) is 48.2 Å². The summed E-state index contributed by atoms with van der Waals surface area (Å²) in [5.74, 6) is -0.0948. The summed E-state index contributed by atoms with van der Waals surface area (Å²) in [6.07, 6.45) is 0. The van der Waals surface area contributed by atoms with Crippen LogP contribution >= 0.6 is 11.6 Å². The lowest BCUT2D eigenvalue weighted by atomic mass is 10.1. The molecule has 35 heavy (non-hydrogen) atoms. The number of anilines is 3. The molecule has 0 spiro atoms. The molecule has 1 aliphatic rings. The van der Waals surface area contributed by atoms with E-state index in [4.69, 9.17) is 16.3 Å². The summed E-state index contributed by atoms with van der Waals surface area (Å²) in [6, 6.07) is 11.4. The van der Waals surface area contributed by atoms with E-state index in [1.807, 2.05) is 13.0 Å². The van der Waals surface area contributed by atoms with Crippen LogP contribution in [0.25, 0.3) is 0 Å². The average molecular weight is 501 g/mol. The SMILES string of the molecule is CNc1c(Nc2cc(Cl)ccc2OCC(=O)N2CCN(Cc3ccccc3F)C[C@H]2C)c(=O)c1=O. The van der Waals surface area contributed by atoms with Crippen LogP contribution in [0, 0.1) is 5.82 Å². The first-order chi connectivity index (χ1) is 16.8. The Kier molecular flexibility index (Phi) is 7.37. The standard InChI is InChI=1S/C25H26ClFN4O4/c1-15-12-30(13-16-5-3-4-6-18(16)27)9-10-31(15)21(32)14-35-20-8-7-17(26)11-19(20)29-23-22(28-2)24(33)25(23)34/h3-8,11,15,28-29H,9-10,12-14H2,1-2H3/t15-/m1/s1. The number of piperazine rings is 1. The maximum Gasteiger partial charge on any atom is 0.260 e. The van der Waals surface area contributed by atoms with Gasteiger partial charge in [0.1, 0.15) is 22.9 Å². The highest BCUT2D eigenvalue weighted by Crippen LogP contribution is 2.32. The van der Waals surface area contributed by atoms with Crippen molar-refractivity contribution in [1.29, 1.82) is 0 Å². The molecule has 184 valence electrons. The number of carbonyl (C=O) groups excluding carboxylic acids is 1. The van der Waals surface area contributed by atoms with Crippen LogP contribution in [0.4, 0.5) is 21.5 Å². The molecule has 0 radical (unpaired) electrons. The molecule has 0 aliphatic carbocycles. The summed E-state index contributed by atoms with van der Waals surface area (Å²) in [4.78, 5) is 40.4. The second-order valence-corrected chi connectivity index (χ2v) is 8.91. The van der Waals surface area contributed by atoms with E-state index in [9.17, 15) is 18.8 Å². The van der Waals surface area contributed by atoms with Gasteiger partial charge in [0, 0.05) is 49.9 Å². The van der Waals surface area contributed by atoms with Gasteiger partial charge in [-0.15, -0.1) is 0 Å². The molecule has 3 aromatic rings. The molecule has 1 amide bonds. The second-order valence-electron chi connectivity index (χ2n) is 8.48. The van der Waals surface area contributed by atoms with Crippen LogP contribution in [0.3, 0.4) is 0 Å². The highest BCUT2D eigenvalue weighted by Gasteiger charge is 2.28. The molecule has 8 nitrogen and oxygen atoms in total. The van der Waals surface area contributed by atoms with Crippen LogP contribution in [0.2, 0.25) is 5.02 Å². The van der Waals surface area contributed by atoms with Crippen molar-refractivity contribution in [2.24, 2.45) is 0 Å². The van der Waals surface area contributed by atoms with Gasteiger partial charge in [0.05, 0.1) is 5.69 Å². The van der Waals surface area contributed by atoms with Gasteiger partial charge < -0.3 is 20.3 Å². The number of hydrogen-bond acceptors (Lipinski definition) is 7. The Hall–Kier alpha value is -3.43. The molecule has 1 atom stereocenters. The van der Waals surface area contributed by atoms with Crippen molar-refractivity contribution in [3.8, 4) is 5.75 Å². The minimum absolute atomic E-state index is 0.0728. The minimum atomic E-state index is -0.640. The zero-order chi connectivity index (χ0) is 25.1. The van der Waals surface area contributed by atoms with Gasteiger partial charge in [-0.05, 0) is 31.2 Å². The van der Waals surface area contributed by atoms with Crippen molar-refractivity contribution in [3.05, 3.63) is 79.3 Å². The molecule has 1 aliphatic heterocycles. The monoisotopic (exact) mass is 500 g/mol. The number of halogens is 2. The number of rotatable bonds is 8. The van der Waals surface area contributed by atoms with Gasteiger partial charge in [-0.2, -0.15) is 0 Å². The number of benzene rings is 2. The largest absolute Gasteiger partial charge is 0.482 e. The smallest absolute Gasteiger partial charge is 0.260 e. The molecule has 2 N–H and O–H groups in total. The van der Waals surface area contributed by atoms with E-state index in [-0.39, 0.29) is 35.7 Å². The second kappa shape index (κ2) is 10.5. The first kappa shape index (κ1) is 24.7. The fourth-order valence-corrected chi connectivity index (χ4v) is 4.42. The van der Waals surface area contributed by atoms with Crippen molar-refractivity contribution in [2.75, 3.05) is 43.9 Å². The third-order valence-electron chi connectivity index (χ3n) is 6.10. The summed E-state index contributed by atoms with van der Waals surface area (Å²) in [7, 11) is 1.55. The molecule has 1 heterocycles. The van der Waals surface area contributed by atoms with Crippen LogP contribution < -0.4 is 26.2 Å². The van der Waals surface area contributed by atoms with Crippen LogP contribution in [0.5, 0.6) is 5.75 Å². The molecule has 0 bridgehead atoms. The van der Waals surface area contributed by atoms with E-state index < -0.39 is 10.9 Å². The summed E-state index contributed by atoms with van der Waals surface area (Å²) in [5.41, 5.74) is 0.0660. The van der Waals surface area contributed by atoms with Gasteiger partial charge >= 0.3 is 0 Å². The number of nitrogens with zero attached hydrogens (tertiary/aromatic N) is 2. The van der Waals surface area contributed by atoms with Crippen molar-refractivity contribution in [3.63, 3.8) is 0 Å². The van der Waals surface area contributed by atoms with Gasteiger partial charge in [0.15, 0.2) is 6.61 Å². The van der Waals surface area contributed by atoms with E-state index in [2.05, 4.69) is 15.5 Å². The van der Waals surface area contributed by atoms with Crippen LogP contribution in [-0.2, 0) is 11.3 Å². The topological polar surface area (TPSA) is 91.0 Å². The maximum absolute atomic E-state index is 14.0. The van der Waals surface area contributed by atoms with Crippen molar-refractivity contribution < 1.29 is 13.9 Å². The zero-order valence-electron chi connectivity index (χ0n) is 19.4. The molecule has 0 unspecified atom stereocenters. The first-order valence-electron chi connectivity index (χ1n) is 11.2. The zero-order valence-corrected chi connectivity index (χ0v) is 20.2. The third kappa shape index (κ3) is 5.31. The van der Waals surface area contributed by atoms with E-state index in [1.165, 1.54) is 6.07 Å². The van der Waals surface area contributed by atoms with E-state index >= 15 is 0 Å². The number of ether oxygens (including phenoxy) is 1. The number of amides is 1. The van der Waals surface area contributed by atoms with Gasteiger partial charge in [-0.1, -0.05) is 29.8 Å². The van der Waals surface area contributed by atoms with Crippen molar-refractivity contribution in [1.82, 2.24) is 9.80 Å². The lowest BCUT2D eigenvalue weighted by molar-refractivity contribution is -0.138. The lowest BCUT2D eigenvalue weighted by Crippen LogP contribution is -2.54. The molecule has 1 saturated heterocycles. The molecule has 0 saturated carbocycles. The Bertz CT molecular complexity index is 1310. The van der Waals surface area contributed by atoms with E-state index in [0.717, 1.165) is 0 Å². The number of carbonyl (C=O) groups is 1. The Balaban J connectivity index is 1.37. The highest BCUT2D eigenvalue weighted by atomic mass is 35.5. The van der Waals surface area contributed by atoms with Crippen molar-refractivity contribution in [2.45, 2.75) is 19.5 Å². The molecular formula is C25H26ClFN4O4. The quantitative estimate of drug-likeness (QED) is 0.459. The van der Waals surface area contributed by atoms with Crippen LogP contribution in [0.1, 0.15) is 12.5 Å².